The lowest BCUT2D eigenvalue weighted by atomic mass is 9.96. The van der Waals surface area contributed by atoms with Gasteiger partial charge in [0.25, 0.3) is 0 Å². The summed E-state index contributed by atoms with van der Waals surface area (Å²) in [4.78, 5) is 12.8. The summed E-state index contributed by atoms with van der Waals surface area (Å²) < 4.78 is 60.7. The van der Waals surface area contributed by atoms with E-state index in [1.54, 1.807) is 0 Å². The summed E-state index contributed by atoms with van der Waals surface area (Å²) in [5.41, 5.74) is 6.15. The van der Waals surface area contributed by atoms with Crippen molar-refractivity contribution >= 4 is 6.29 Å². The number of benzene rings is 6. The lowest BCUT2D eigenvalue weighted by molar-refractivity contribution is -0.347. The molecule has 0 radical (unpaired) electrons. The van der Waals surface area contributed by atoms with Crippen molar-refractivity contribution in [2.45, 2.75) is 88.7 Å². The van der Waals surface area contributed by atoms with Gasteiger partial charge in [-0.3, -0.25) is 4.79 Å². The Hall–Kier alpha value is -5.79. The molecule has 8 atom stereocenters. The predicted octanol–water partition coefficient (Wildman–Crippen LogP) is 9.35. The molecule has 8 rings (SSSR count). The van der Waals surface area contributed by atoms with Gasteiger partial charge in [0.2, 0.25) is 0 Å². The lowest BCUT2D eigenvalue weighted by Crippen LogP contribution is -2.63. The number of carbonyl (C=O) groups is 1. The Bertz CT molecular complexity index is 2280. The quantitative estimate of drug-likeness (QED) is 0.0580. The van der Waals surface area contributed by atoms with Crippen LogP contribution in [0.15, 0.2) is 194 Å². The van der Waals surface area contributed by atoms with Crippen LogP contribution in [0.1, 0.15) is 33.4 Å². The molecule has 2 aliphatic heterocycles. The SMILES string of the molecule is O=CC1=CO[C@H](COCc2ccccc2)[C@@H](O[C@@H]2O[C@H](COCc3ccccc3)[C@H](OCc3ccccc3)[C@H](OCc3ccccc3)[C@H]2OCc2ccccc2)[C@@H]1OCc1ccccc1. The molecule has 0 spiro atoms. The van der Waals surface area contributed by atoms with Crippen LogP contribution in [0.4, 0.5) is 0 Å². The minimum absolute atomic E-state index is 0.121. The predicted molar refractivity (Wildman–Crippen MR) is 245 cm³/mol. The molecular formula is C55H56O10. The number of carbonyl (C=O) groups excluding carboxylic acids is 1. The summed E-state index contributed by atoms with van der Waals surface area (Å²) in [7, 11) is 0. The van der Waals surface area contributed by atoms with Gasteiger partial charge in [-0.2, -0.15) is 0 Å². The maximum absolute atomic E-state index is 12.8. The summed E-state index contributed by atoms with van der Waals surface area (Å²) >= 11 is 0. The van der Waals surface area contributed by atoms with E-state index in [1.807, 2.05) is 182 Å². The van der Waals surface area contributed by atoms with Crippen molar-refractivity contribution in [2.24, 2.45) is 0 Å². The second kappa shape index (κ2) is 24.5. The van der Waals surface area contributed by atoms with Crippen molar-refractivity contribution in [3.05, 3.63) is 227 Å². The third-order valence-corrected chi connectivity index (χ3v) is 11.3. The molecule has 6 aromatic rings. The van der Waals surface area contributed by atoms with E-state index in [4.69, 9.17) is 42.6 Å². The van der Waals surface area contributed by atoms with Crippen molar-refractivity contribution in [3.63, 3.8) is 0 Å². The number of hydrogen-bond acceptors (Lipinski definition) is 10. The van der Waals surface area contributed by atoms with Gasteiger partial charge in [0.1, 0.15) is 36.6 Å². The molecule has 10 nitrogen and oxygen atoms in total. The number of rotatable bonds is 23. The zero-order valence-electron chi connectivity index (χ0n) is 36.3. The first-order chi connectivity index (χ1) is 32.2. The van der Waals surface area contributed by atoms with Gasteiger partial charge >= 0.3 is 0 Å². The average Bonchev–Trinajstić information content (AvgIpc) is 3.36. The Morgan fingerprint density at radius 2 is 0.769 bits per heavy atom. The Morgan fingerprint density at radius 1 is 0.400 bits per heavy atom. The van der Waals surface area contributed by atoms with Crippen molar-refractivity contribution in [1.29, 1.82) is 0 Å². The molecular weight excluding hydrogens is 821 g/mol. The fourth-order valence-electron chi connectivity index (χ4n) is 7.91. The summed E-state index contributed by atoms with van der Waals surface area (Å²) in [5, 5.41) is 0. The minimum Gasteiger partial charge on any atom is -0.492 e. The highest BCUT2D eigenvalue weighted by Crippen LogP contribution is 2.35. The molecule has 2 aliphatic rings. The summed E-state index contributed by atoms with van der Waals surface area (Å²) in [6.45, 7) is 1.93. The van der Waals surface area contributed by atoms with E-state index in [0.717, 1.165) is 39.7 Å². The summed E-state index contributed by atoms with van der Waals surface area (Å²) in [6.07, 6.45) is -4.38. The minimum atomic E-state index is -1.10. The van der Waals surface area contributed by atoms with Crippen LogP contribution in [-0.2, 0) is 87.1 Å². The fourth-order valence-corrected chi connectivity index (χ4v) is 7.91. The topological polar surface area (TPSA) is 100 Å². The highest BCUT2D eigenvalue weighted by atomic mass is 16.7. The van der Waals surface area contributed by atoms with Crippen LogP contribution in [0.2, 0.25) is 0 Å². The van der Waals surface area contributed by atoms with Crippen LogP contribution in [0.3, 0.4) is 0 Å². The Kier molecular flexibility index (Phi) is 17.2. The second-order valence-corrected chi connectivity index (χ2v) is 16.1. The highest BCUT2D eigenvalue weighted by molar-refractivity contribution is 5.75. The number of ether oxygens (including phenoxy) is 9. The fraction of sp³-hybridized carbons (Fsp3) is 0.291. The Balaban J connectivity index is 1.15. The van der Waals surface area contributed by atoms with E-state index >= 15 is 0 Å². The molecule has 0 saturated carbocycles. The smallest absolute Gasteiger partial charge is 0.187 e. The van der Waals surface area contributed by atoms with E-state index in [2.05, 4.69) is 0 Å². The average molecular weight is 877 g/mol. The van der Waals surface area contributed by atoms with Crippen LogP contribution in [0.25, 0.3) is 0 Å². The van der Waals surface area contributed by atoms with Gasteiger partial charge in [-0.05, 0) is 33.4 Å². The van der Waals surface area contributed by atoms with Gasteiger partial charge in [-0.1, -0.05) is 182 Å². The van der Waals surface area contributed by atoms with Gasteiger partial charge in [0.15, 0.2) is 18.7 Å². The molecule has 1 fully saturated rings. The van der Waals surface area contributed by atoms with E-state index in [9.17, 15) is 4.79 Å². The summed E-state index contributed by atoms with van der Waals surface area (Å²) in [6, 6.07) is 59.6. The van der Waals surface area contributed by atoms with Gasteiger partial charge in [-0.15, -0.1) is 0 Å². The van der Waals surface area contributed by atoms with E-state index in [0.29, 0.717) is 13.2 Å². The zero-order valence-corrected chi connectivity index (χ0v) is 36.3. The maximum atomic E-state index is 12.8. The van der Waals surface area contributed by atoms with Gasteiger partial charge < -0.3 is 42.6 Å². The maximum Gasteiger partial charge on any atom is 0.187 e. The first-order valence-electron chi connectivity index (χ1n) is 22.2. The molecule has 336 valence electrons. The van der Waals surface area contributed by atoms with Crippen molar-refractivity contribution < 1.29 is 47.4 Å². The van der Waals surface area contributed by atoms with Crippen molar-refractivity contribution in [2.75, 3.05) is 13.2 Å². The van der Waals surface area contributed by atoms with Gasteiger partial charge in [0, 0.05) is 0 Å². The standard InChI is InChI=1S/C55H56O10/c56-31-47-38-59-48(39-57-32-41-19-7-1-8-20-41)52(50(47)60-34-43-23-11-3-12-24-43)65-55-54(63-37-46-29-17-6-18-30-46)53(62-36-45-27-15-5-16-28-45)51(61-35-44-25-13-4-14-26-44)49(64-55)40-58-33-42-21-9-2-10-22-42/h1-31,38,48-55H,32-37,39-40H2/t48-,49-,50-,51+,52-,53+,54-,55+/m1/s1. The molecule has 0 aliphatic carbocycles. The molecule has 1 saturated heterocycles. The van der Waals surface area contributed by atoms with Crippen LogP contribution < -0.4 is 0 Å². The molecule has 0 N–H and O–H groups in total. The second-order valence-electron chi connectivity index (χ2n) is 16.1. The van der Waals surface area contributed by atoms with Crippen LogP contribution in [0, 0.1) is 0 Å². The van der Waals surface area contributed by atoms with E-state index in [-0.39, 0.29) is 45.2 Å². The third-order valence-electron chi connectivity index (χ3n) is 11.3. The number of aldehydes is 1. The highest BCUT2D eigenvalue weighted by Gasteiger charge is 2.52. The van der Waals surface area contributed by atoms with Crippen molar-refractivity contribution in [3.8, 4) is 0 Å². The zero-order chi connectivity index (χ0) is 44.3. The molecule has 65 heavy (non-hydrogen) atoms. The van der Waals surface area contributed by atoms with Crippen LogP contribution in [0.5, 0.6) is 0 Å². The van der Waals surface area contributed by atoms with Gasteiger partial charge in [-0.25, -0.2) is 0 Å². The first-order valence-corrected chi connectivity index (χ1v) is 22.2. The Morgan fingerprint density at radius 3 is 1.20 bits per heavy atom. The molecule has 10 heteroatoms. The molecule has 0 aromatic heterocycles. The third kappa shape index (κ3) is 13.4. The molecule has 0 amide bonds. The monoisotopic (exact) mass is 876 g/mol. The van der Waals surface area contributed by atoms with Crippen LogP contribution in [-0.4, -0.2) is 68.5 Å². The molecule has 0 bridgehead atoms. The molecule has 2 heterocycles. The molecule has 0 unspecified atom stereocenters. The number of hydrogen-bond donors (Lipinski definition) is 0. The van der Waals surface area contributed by atoms with E-state index in [1.165, 1.54) is 6.26 Å². The lowest BCUT2D eigenvalue weighted by Gasteiger charge is -2.48. The van der Waals surface area contributed by atoms with E-state index < -0.39 is 49.0 Å². The normalized spacial score (nSPS) is 23.0. The van der Waals surface area contributed by atoms with Crippen molar-refractivity contribution in [1.82, 2.24) is 0 Å². The van der Waals surface area contributed by atoms with Gasteiger partial charge in [0.05, 0.1) is 64.7 Å². The molecule has 6 aromatic carbocycles. The van der Waals surface area contributed by atoms with Crippen LogP contribution >= 0.6 is 0 Å². The Labute approximate surface area is 381 Å². The largest absolute Gasteiger partial charge is 0.492 e. The first kappa shape index (κ1) is 45.8. The summed E-state index contributed by atoms with van der Waals surface area (Å²) in [5.74, 6) is 0.